The van der Waals surface area contributed by atoms with Crippen LogP contribution in [0.15, 0.2) is 35.5 Å². The van der Waals surface area contributed by atoms with Gasteiger partial charge in [0.05, 0.1) is 26.3 Å². The standard InChI is InChI=1S/C16H14ClF3N4O4S/c1-27-14-12(28-5-4-16(18,19)20)7-22-15(23-14)24-29(25,26)13-8-21-11-6-9(17)2-3-10(11)13/h2-3,6-8,21H,4-5H2,1H3,(H,22,23,24). The van der Waals surface area contributed by atoms with E-state index in [0.717, 1.165) is 6.20 Å². The molecule has 0 spiro atoms. The van der Waals surface area contributed by atoms with Crippen LogP contribution in [-0.2, 0) is 10.0 Å². The maximum absolute atomic E-state index is 12.7. The number of aromatic nitrogens is 3. The molecule has 29 heavy (non-hydrogen) atoms. The van der Waals surface area contributed by atoms with Crippen molar-refractivity contribution in [1.29, 1.82) is 0 Å². The van der Waals surface area contributed by atoms with Crippen molar-refractivity contribution in [3.63, 3.8) is 0 Å². The number of alkyl halides is 3. The van der Waals surface area contributed by atoms with Crippen molar-refractivity contribution in [1.82, 2.24) is 15.0 Å². The van der Waals surface area contributed by atoms with Crippen molar-refractivity contribution in [2.75, 3.05) is 18.4 Å². The summed E-state index contributed by atoms with van der Waals surface area (Å²) in [6.45, 7) is -0.661. The van der Waals surface area contributed by atoms with Crippen LogP contribution in [0.5, 0.6) is 11.6 Å². The van der Waals surface area contributed by atoms with E-state index >= 15 is 0 Å². The van der Waals surface area contributed by atoms with Crippen LogP contribution in [0.3, 0.4) is 0 Å². The highest BCUT2D eigenvalue weighted by atomic mass is 35.5. The predicted octanol–water partition coefficient (Wildman–Crippen LogP) is 3.75. The molecule has 2 heterocycles. The van der Waals surface area contributed by atoms with Gasteiger partial charge in [0.2, 0.25) is 5.95 Å². The summed E-state index contributed by atoms with van der Waals surface area (Å²) in [6.07, 6.45) is -3.24. The fourth-order valence-corrected chi connectivity index (χ4v) is 3.70. The number of ether oxygens (including phenoxy) is 2. The van der Waals surface area contributed by atoms with Crippen LogP contribution in [0.1, 0.15) is 6.42 Å². The van der Waals surface area contributed by atoms with Gasteiger partial charge in [0.25, 0.3) is 15.9 Å². The molecule has 0 aliphatic heterocycles. The minimum atomic E-state index is -4.38. The number of H-pyrrole nitrogens is 1. The Morgan fingerprint density at radius 3 is 2.76 bits per heavy atom. The number of sulfonamides is 1. The van der Waals surface area contributed by atoms with Gasteiger partial charge in [0.15, 0.2) is 5.75 Å². The van der Waals surface area contributed by atoms with Crippen molar-refractivity contribution in [3.8, 4) is 11.6 Å². The first-order valence-corrected chi connectivity index (χ1v) is 9.85. The zero-order valence-electron chi connectivity index (χ0n) is 14.7. The highest BCUT2D eigenvalue weighted by Gasteiger charge is 2.27. The van der Waals surface area contributed by atoms with Gasteiger partial charge in [-0.25, -0.2) is 18.1 Å². The van der Waals surface area contributed by atoms with Gasteiger partial charge in [0, 0.05) is 22.1 Å². The van der Waals surface area contributed by atoms with Crippen molar-refractivity contribution in [2.24, 2.45) is 0 Å². The van der Waals surface area contributed by atoms with Gasteiger partial charge in [-0.05, 0) is 18.2 Å². The van der Waals surface area contributed by atoms with E-state index < -0.39 is 29.2 Å². The Morgan fingerprint density at radius 2 is 2.07 bits per heavy atom. The lowest BCUT2D eigenvalue weighted by molar-refractivity contribution is -0.139. The molecule has 0 aliphatic carbocycles. The number of halogens is 4. The number of benzene rings is 1. The molecule has 13 heteroatoms. The van der Waals surface area contributed by atoms with Crippen LogP contribution >= 0.6 is 11.6 Å². The average molecular weight is 451 g/mol. The van der Waals surface area contributed by atoms with Crippen LogP contribution in [0, 0.1) is 0 Å². The summed E-state index contributed by atoms with van der Waals surface area (Å²) in [7, 11) is -2.87. The van der Waals surface area contributed by atoms with Gasteiger partial charge in [0.1, 0.15) is 4.90 Å². The summed E-state index contributed by atoms with van der Waals surface area (Å²) >= 11 is 5.89. The first-order chi connectivity index (χ1) is 13.6. The molecule has 2 aromatic heterocycles. The molecule has 0 saturated heterocycles. The molecule has 0 amide bonds. The lowest BCUT2D eigenvalue weighted by Gasteiger charge is -2.12. The largest absolute Gasteiger partial charge is 0.486 e. The highest BCUT2D eigenvalue weighted by molar-refractivity contribution is 7.93. The SMILES string of the molecule is COc1nc(NS(=O)(=O)c2c[nH]c3cc(Cl)ccc23)ncc1OCCC(F)(F)F. The fourth-order valence-electron chi connectivity index (χ4n) is 2.40. The summed E-state index contributed by atoms with van der Waals surface area (Å²) < 4.78 is 74.2. The lowest BCUT2D eigenvalue weighted by atomic mass is 10.2. The van der Waals surface area contributed by atoms with E-state index in [4.69, 9.17) is 21.1 Å². The van der Waals surface area contributed by atoms with E-state index in [-0.39, 0.29) is 22.5 Å². The smallest absolute Gasteiger partial charge is 0.392 e. The second-order valence-corrected chi connectivity index (χ2v) is 7.82. The summed E-state index contributed by atoms with van der Waals surface area (Å²) in [6, 6.07) is 4.66. The zero-order valence-corrected chi connectivity index (χ0v) is 16.3. The third-order valence-electron chi connectivity index (χ3n) is 3.68. The molecule has 0 unspecified atom stereocenters. The third-order valence-corrected chi connectivity index (χ3v) is 5.28. The zero-order chi connectivity index (χ0) is 21.2. The highest BCUT2D eigenvalue weighted by Crippen LogP contribution is 2.29. The molecule has 156 valence electrons. The van der Waals surface area contributed by atoms with Crippen molar-refractivity contribution >= 4 is 38.5 Å². The van der Waals surface area contributed by atoms with Crippen molar-refractivity contribution < 1.29 is 31.1 Å². The second kappa shape index (κ2) is 7.95. The minimum Gasteiger partial charge on any atom is -0.486 e. The molecule has 1 aromatic carbocycles. The number of fused-ring (bicyclic) bond motifs is 1. The average Bonchev–Trinajstić information content (AvgIpc) is 3.05. The van der Waals surface area contributed by atoms with E-state index in [9.17, 15) is 21.6 Å². The predicted molar refractivity (Wildman–Crippen MR) is 98.9 cm³/mol. The molecule has 8 nitrogen and oxygen atoms in total. The molecule has 0 aliphatic rings. The maximum atomic E-state index is 12.7. The number of nitrogens with one attached hydrogen (secondary N) is 2. The lowest BCUT2D eigenvalue weighted by Crippen LogP contribution is -2.16. The molecule has 0 fully saturated rings. The summed E-state index contributed by atoms with van der Waals surface area (Å²) in [5, 5.41) is 0.839. The number of nitrogens with zero attached hydrogens (tertiary/aromatic N) is 2. The Labute approximate surface area is 168 Å². The summed E-state index contributed by atoms with van der Waals surface area (Å²) in [4.78, 5) is 10.4. The number of aromatic amines is 1. The number of hydrogen-bond acceptors (Lipinski definition) is 6. The summed E-state index contributed by atoms with van der Waals surface area (Å²) in [5.41, 5.74) is 0.518. The van der Waals surface area contributed by atoms with E-state index in [1.807, 2.05) is 0 Å². The summed E-state index contributed by atoms with van der Waals surface area (Å²) in [5.74, 6) is -0.708. The second-order valence-electron chi connectivity index (χ2n) is 5.73. The maximum Gasteiger partial charge on any atom is 0.392 e. The number of rotatable bonds is 7. The Bertz CT molecular complexity index is 1130. The molecule has 0 bridgehead atoms. The fraction of sp³-hybridized carbons (Fsp3) is 0.250. The van der Waals surface area contributed by atoms with Gasteiger partial charge in [-0.3, -0.25) is 0 Å². The van der Waals surface area contributed by atoms with Crippen molar-refractivity contribution in [2.45, 2.75) is 17.5 Å². The third kappa shape index (κ3) is 5.01. The van der Waals surface area contributed by atoms with Gasteiger partial charge < -0.3 is 14.5 Å². The topological polar surface area (TPSA) is 106 Å². The molecule has 0 saturated carbocycles. The molecule has 3 rings (SSSR count). The molecular weight excluding hydrogens is 437 g/mol. The Hall–Kier alpha value is -2.73. The van der Waals surface area contributed by atoms with Crippen LogP contribution in [0.4, 0.5) is 19.1 Å². The first-order valence-electron chi connectivity index (χ1n) is 7.99. The van der Waals surface area contributed by atoms with Crippen LogP contribution in [0.2, 0.25) is 5.02 Å². The Morgan fingerprint density at radius 1 is 1.31 bits per heavy atom. The Balaban J connectivity index is 1.81. The first kappa shape index (κ1) is 21.0. The van der Waals surface area contributed by atoms with Gasteiger partial charge in [-0.1, -0.05) is 11.6 Å². The van der Waals surface area contributed by atoms with E-state index in [1.54, 1.807) is 18.2 Å². The van der Waals surface area contributed by atoms with Crippen LogP contribution in [0.25, 0.3) is 10.9 Å². The van der Waals surface area contributed by atoms with E-state index in [0.29, 0.717) is 15.9 Å². The van der Waals surface area contributed by atoms with E-state index in [2.05, 4.69) is 19.7 Å². The Kier molecular flexibility index (Phi) is 5.75. The molecular formula is C16H14ClF3N4O4S. The monoisotopic (exact) mass is 450 g/mol. The van der Waals surface area contributed by atoms with Gasteiger partial charge in [-0.15, -0.1) is 0 Å². The number of hydrogen-bond donors (Lipinski definition) is 2. The van der Waals surface area contributed by atoms with E-state index in [1.165, 1.54) is 13.3 Å². The van der Waals surface area contributed by atoms with Gasteiger partial charge in [-0.2, -0.15) is 18.2 Å². The molecule has 2 N–H and O–H groups in total. The van der Waals surface area contributed by atoms with Crippen molar-refractivity contribution in [3.05, 3.63) is 35.6 Å². The molecule has 3 aromatic rings. The van der Waals surface area contributed by atoms with Gasteiger partial charge >= 0.3 is 6.18 Å². The number of methoxy groups -OCH3 is 1. The number of anilines is 1. The minimum absolute atomic E-state index is 0.0581. The van der Waals surface area contributed by atoms with Crippen LogP contribution in [-0.4, -0.2) is 43.3 Å². The van der Waals surface area contributed by atoms with Crippen LogP contribution < -0.4 is 14.2 Å². The quantitative estimate of drug-likeness (QED) is 0.568. The molecule has 0 atom stereocenters. The normalized spacial score (nSPS) is 12.2. The molecule has 0 radical (unpaired) electrons.